The van der Waals surface area contributed by atoms with Crippen LogP contribution in [0.15, 0.2) is 61.4 Å². The minimum Gasteiger partial charge on any atom is -0.368 e. The van der Waals surface area contributed by atoms with Gasteiger partial charge >= 0.3 is 0 Å². The second-order valence-corrected chi connectivity index (χ2v) is 8.72. The summed E-state index contributed by atoms with van der Waals surface area (Å²) in [5.74, 6) is -0.00753. The minimum atomic E-state index is -0.701. The van der Waals surface area contributed by atoms with Gasteiger partial charge in [-0.05, 0) is 49.3 Å². The van der Waals surface area contributed by atoms with Crippen LogP contribution in [0.3, 0.4) is 0 Å². The predicted molar refractivity (Wildman–Crippen MR) is 124 cm³/mol. The molecule has 1 N–H and O–H groups in total. The number of hydrogen-bond acceptors (Lipinski definition) is 4. The lowest BCUT2D eigenvalue weighted by atomic mass is 9.73. The summed E-state index contributed by atoms with van der Waals surface area (Å²) in [6.45, 7) is 5.84. The molecule has 1 aromatic heterocycles. The van der Waals surface area contributed by atoms with E-state index >= 15 is 0 Å². The molecule has 0 aliphatic carbocycles. The van der Waals surface area contributed by atoms with Gasteiger partial charge in [0.1, 0.15) is 6.10 Å². The van der Waals surface area contributed by atoms with Crippen molar-refractivity contribution in [1.82, 2.24) is 15.2 Å². The lowest BCUT2D eigenvalue weighted by Gasteiger charge is -2.42. The number of piperidine rings is 1. The van der Waals surface area contributed by atoms with Crippen molar-refractivity contribution in [2.24, 2.45) is 5.41 Å². The average Bonchev–Trinajstić information content (AvgIpc) is 3.38. The molecule has 0 radical (unpaired) electrons. The van der Waals surface area contributed by atoms with Gasteiger partial charge in [0, 0.05) is 44.2 Å². The predicted octanol–water partition coefficient (Wildman–Crippen LogP) is 3.38. The fourth-order valence-corrected chi connectivity index (χ4v) is 4.90. The van der Waals surface area contributed by atoms with Crippen molar-refractivity contribution in [2.45, 2.75) is 38.2 Å². The highest BCUT2D eigenvalue weighted by Crippen LogP contribution is 2.37. The fourth-order valence-electron chi connectivity index (χ4n) is 4.90. The van der Waals surface area contributed by atoms with Crippen LogP contribution in [0.25, 0.3) is 11.1 Å². The van der Waals surface area contributed by atoms with Gasteiger partial charge in [-0.2, -0.15) is 0 Å². The number of likely N-dealkylation sites (tertiary alicyclic amines) is 1. The molecule has 1 aromatic carbocycles. The van der Waals surface area contributed by atoms with Crippen molar-refractivity contribution in [1.29, 1.82) is 0 Å². The number of pyridine rings is 1. The molecular formula is C26H31N3O3. The average molecular weight is 434 g/mol. The van der Waals surface area contributed by atoms with Crippen molar-refractivity contribution >= 4 is 11.8 Å². The molecule has 2 fully saturated rings. The van der Waals surface area contributed by atoms with Gasteiger partial charge in [0.2, 0.25) is 5.91 Å². The second kappa shape index (κ2) is 10.1. The Hall–Kier alpha value is -2.99. The Balaban J connectivity index is 1.65. The Morgan fingerprint density at radius 3 is 2.88 bits per heavy atom. The molecule has 168 valence electrons. The maximum Gasteiger partial charge on any atom is 0.251 e. The van der Waals surface area contributed by atoms with Crippen LogP contribution in [0.5, 0.6) is 0 Å². The van der Waals surface area contributed by atoms with Crippen LogP contribution in [0.2, 0.25) is 0 Å². The quantitative estimate of drug-likeness (QED) is 0.680. The Kier molecular flexibility index (Phi) is 7.00. The van der Waals surface area contributed by atoms with E-state index in [0.29, 0.717) is 32.7 Å². The number of carbonyl (C=O) groups excluding carboxylic acids is 2. The Labute approximate surface area is 189 Å². The zero-order valence-electron chi connectivity index (χ0n) is 18.5. The van der Waals surface area contributed by atoms with Crippen LogP contribution >= 0.6 is 0 Å². The third kappa shape index (κ3) is 4.75. The molecule has 4 rings (SSSR count). The first-order chi connectivity index (χ1) is 15.6. The lowest BCUT2D eigenvalue weighted by Crippen LogP contribution is -2.56. The molecule has 2 saturated heterocycles. The highest BCUT2D eigenvalue weighted by Gasteiger charge is 2.45. The summed E-state index contributed by atoms with van der Waals surface area (Å²) >= 11 is 0. The number of nitrogens with one attached hydrogen (secondary N) is 1. The maximum absolute atomic E-state index is 13.5. The standard InChI is InChI=1S/C26H31N3O3/c1-2-13-28-25(31)26(12-7-15-29(19-26)24(30)23-11-6-16-32-23)17-20-8-3-4-10-22(20)21-9-5-14-27-18-21/h2-5,8-10,14,18,23H,1,6-7,11-13,15-17,19H2,(H,28,31)/t23-,26+/m0/s1. The number of rotatable bonds is 7. The number of nitrogens with zero attached hydrogens (tertiary/aromatic N) is 2. The van der Waals surface area contributed by atoms with Crippen molar-refractivity contribution in [2.75, 3.05) is 26.2 Å². The number of carbonyl (C=O) groups is 2. The molecule has 0 saturated carbocycles. The van der Waals surface area contributed by atoms with Crippen LogP contribution < -0.4 is 5.32 Å². The molecular weight excluding hydrogens is 402 g/mol. The van der Waals surface area contributed by atoms with Gasteiger partial charge in [0.15, 0.2) is 0 Å². The Morgan fingerprint density at radius 2 is 2.12 bits per heavy atom. The van der Waals surface area contributed by atoms with Gasteiger partial charge in [0.05, 0.1) is 5.41 Å². The lowest BCUT2D eigenvalue weighted by molar-refractivity contribution is -0.148. The van der Waals surface area contributed by atoms with E-state index in [0.717, 1.165) is 42.4 Å². The molecule has 2 atom stereocenters. The van der Waals surface area contributed by atoms with E-state index in [4.69, 9.17) is 4.74 Å². The molecule has 2 aliphatic heterocycles. The number of aromatic nitrogens is 1. The second-order valence-electron chi connectivity index (χ2n) is 8.72. The Bertz CT molecular complexity index is 956. The van der Waals surface area contributed by atoms with E-state index in [-0.39, 0.29) is 17.9 Å². The van der Waals surface area contributed by atoms with Crippen LogP contribution in [-0.4, -0.2) is 54.0 Å². The SMILES string of the molecule is C=CCNC(=O)[C@@]1(Cc2ccccc2-c2cccnc2)CCCN(C(=O)[C@@H]2CCCO2)C1. The first-order valence-corrected chi connectivity index (χ1v) is 11.4. The summed E-state index contributed by atoms with van der Waals surface area (Å²) < 4.78 is 5.64. The first-order valence-electron chi connectivity index (χ1n) is 11.4. The van der Waals surface area contributed by atoms with E-state index in [9.17, 15) is 9.59 Å². The molecule has 2 aliphatic rings. The van der Waals surface area contributed by atoms with Gasteiger partial charge in [0.25, 0.3) is 5.91 Å². The normalized spacial score (nSPS) is 23.0. The zero-order valence-corrected chi connectivity index (χ0v) is 18.5. The van der Waals surface area contributed by atoms with Crippen LogP contribution in [0.1, 0.15) is 31.2 Å². The molecule has 2 aromatic rings. The van der Waals surface area contributed by atoms with E-state index in [2.05, 4.69) is 29.0 Å². The van der Waals surface area contributed by atoms with Gasteiger partial charge < -0.3 is 15.0 Å². The molecule has 0 unspecified atom stereocenters. The van der Waals surface area contributed by atoms with Gasteiger partial charge in [-0.1, -0.05) is 36.4 Å². The van der Waals surface area contributed by atoms with Crippen molar-refractivity contribution in [3.8, 4) is 11.1 Å². The molecule has 0 spiro atoms. The molecule has 6 heteroatoms. The van der Waals surface area contributed by atoms with Gasteiger partial charge in [-0.25, -0.2) is 0 Å². The summed E-state index contributed by atoms with van der Waals surface area (Å²) in [6, 6.07) is 12.1. The van der Waals surface area contributed by atoms with Crippen molar-refractivity contribution in [3.63, 3.8) is 0 Å². The molecule has 2 amide bonds. The van der Waals surface area contributed by atoms with E-state index in [1.807, 2.05) is 35.4 Å². The Morgan fingerprint density at radius 1 is 1.25 bits per heavy atom. The third-order valence-corrected chi connectivity index (χ3v) is 6.50. The first kappa shape index (κ1) is 22.2. The summed E-state index contributed by atoms with van der Waals surface area (Å²) in [7, 11) is 0. The summed E-state index contributed by atoms with van der Waals surface area (Å²) in [4.78, 5) is 32.7. The molecule has 3 heterocycles. The van der Waals surface area contributed by atoms with Gasteiger partial charge in [-0.3, -0.25) is 14.6 Å². The van der Waals surface area contributed by atoms with Crippen molar-refractivity contribution < 1.29 is 14.3 Å². The highest BCUT2D eigenvalue weighted by atomic mass is 16.5. The largest absolute Gasteiger partial charge is 0.368 e. The monoisotopic (exact) mass is 433 g/mol. The topological polar surface area (TPSA) is 71.5 Å². The van der Waals surface area contributed by atoms with E-state index < -0.39 is 5.41 Å². The van der Waals surface area contributed by atoms with Crippen LogP contribution in [0, 0.1) is 5.41 Å². The summed E-state index contributed by atoms with van der Waals surface area (Å²) in [6.07, 6.45) is 8.65. The van der Waals surface area contributed by atoms with E-state index in [1.165, 1.54) is 0 Å². The third-order valence-electron chi connectivity index (χ3n) is 6.50. The van der Waals surface area contributed by atoms with Gasteiger partial charge in [-0.15, -0.1) is 6.58 Å². The molecule has 0 bridgehead atoms. The summed E-state index contributed by atoms with van der Waals surface area (Å²) in [5, 5.41) is 3.01. The zero-order chi connectivity index (χ0) is 22.4. The number of hydrogen-bond donors (Lipinski definition) is 1. The molecule has 32 heavy (non-hydrogen) atoms. The van der Waals surface area contributed by atoms with Crippen molar-refractivity contribution in [3.05, 3.63) is 67.0 Å². The maximum atomic E-state index is 13.5. The van der Waals surface area contributed by atoms with Crippen LogP contribution in [0.4, 0.5) is 0 Å². The number of ether oxygens (including phenoxy) is 1. The minimum absolute atomic E-state index is 0.0173. The fraction of sp³-hybridized carbons (Fsp3) is 0.423. The van der Waals surface area contributed by atoms with Crippen LogP contribution in [-0.2, 0) is 20.7 Å². The summed E-state index contributed by atoms with van der Waals surface area (Å²) in [5.41, 5.74) is 2.47. The molecule has 6 nitrogen and oxygen atoms in total. The highest BCUT2D eigenvalue weighted by molar-refractivity contribution is 5.86. The number of benzene rings is 1. The smallest absolute Gasteiger partial charge is 0.251 e. The number of amides is 2. The van der Waals surface area contributed by atoms with E-state index in [1.54, 1.807) is 12.3 Å².